The Hall–Kier alpha value is -1.30. The van der Waals surface area contributed by atoms with Crippen LogP contribution in [-0.4, -0.2) is 54.3 Å². The van der Waals surface area contributed by atoms with E-state index in [4.69, 9.17) is 9.47 Å². The van der Waals surface area contributed by atoms with Crippen LogP contribution in [0.15, 0.2) is 0 Å². The van der Waals surface area contributed by atoms with Crippen LogP contribution in [0, 0.1) is 0 Å². The summed E-state index contributed by atoms with van der Waals surface area (Å²) in [6.07, 6.45) is 0.00249. The van der Waals surface area contributed by atoms with Crippen LogP contribution in [0.25, 0.3) is 0 Å². The van der Waals surface area contributed by atoms with E-state index in [0.29, 0.717) is 32.7 Å². The first kappa shape index (κ1) is 20.7. The fourth-order valence-electron chi connectivity index (χ4n) is 1.76. The third kappa shape index (κ3) is 9.60. The van der Waals surface area contributed by atoms with E-state index in [1.807, 2.05) is 41.5 Å². The zero-order valence-electron chi connectivity index (χ0n) is 15.1. The van der Waals surface area contributed by atoms with Crippen LogP contribution in [0.1, 0.15) is 54.9 Å². The molecule has 6 heteroatoms. The van der Waals surface area contributed by atoms with Gasteiger partial charge in [0, 0.05) is 25.2 Å². The van der Waals surface area contributed by atoms with Gasteiger partial charge in [0.1, 0.15) is 5.60 Å². The quantitative estimate of drug-likeness (QED) is 0.577. The van der Waals surface area contributed by atoms with Crippen molar-refractivity contribution in [3.05, 3.63) is 0 Å². The molecule has 0 spiro atoms. The molecule has 6 nitrogen and oxygen atoms in total. The molecule has 0 saturated heterocycles. The first-order valence-electron chi connectivity index (χ1n) is 7.84. The lowest BCUT2D eigenvalue weighted by atomic mass is 10.1. The van der Waals surface area contributed by atoms with Crippen molar-refractivity contribution >= 4 is 12.1 Å². The normalized spacial score (nSPS) is 12.0. The predicted molar refractivity (Wildman–Crippen MR) is 86.8 cm³/mol. The molecular weight excluding hydrogens is 284 g/mol. The maximum atomic E-state index is 12.3. The Morgan fingerprint density at radius 3 is 2.09 bits per heavy atom. The second-order valence-corrected chi connectivity index (χ2v) is 7.11. The van der Waals surface area contributed by atoms with Crippen LogP contribution in [0.5, 0.6) is 0 Å². The maximum absolute atomic E-state index is 12.3. The van der Waals surface area contributed by atoms with E-state index in [2.05, 4.69) is 5.32 Å². The number of amides is 1. The fourth-order valence-corrected chi connectivity index (χ4v) is 1.76. The molecule has 0 aliphatic heterocycles. The van der Waals surface area contributed by atoms with Crippen molar-refractivity contribution in [2.24, 2.45) is 0 Å². The van der Waals surface area contributed by atoms with Crippen molar-refractivity contribution in [2.45, 2.75) is 66.0 Å². The zero-order valence-corrected chi connectivity index (χ0v) is 15.1. The van der Waals surface area contributed by atoms with Crippen LogP contribution in [0.2, 0.25) is 0 Å². The number of esters is 1. The predicted octanol–water partition coefficient (Wildman–Crippen LogP) is 2.56. The lowest BCUT2D eigenvalue weighted by Gasteiger charge is -2.36. The number of carbonyl (C=O) groups is 2. The molecule has 0 aromatic rings. The van der Waals surface area contributed by atoms with E-state index >= 15 is 0 Å². The van der Waals surface area contributed by atoms with Crippen molar-refractivity contribution in [3.8, 4) is 0 Å². The zero-order chi connectivity index (χ0) is 17.4. The summed E-state index contributed by atoms with van der Waals surface area (Å²) in [5.41, 5.74) is -0.844. The first-order valence-corrected chi connectivity index (χ1v) is 7.84. The highest BCUT2D eigenvalue weighted by molar-refractivity contribution is 5.69. The van der Waals surface area contributed by atoms with Gasteiger partial charge in [-0.2, -0.15) is 0 Å². The topological polar surface area (TPSA) is 67.9 Å². The summed E-state index contributed by atoms with van der Waals surface area (Å²) in [5, 5.41) is 3.14. The molecule has 0 aliphatic carbocycles. The van der Waals surface area contributed by atoms with Crippen molar-refractivity contribution in [1.82, 2.24) is 10.2 Å². The van der Waals surface area contributed by atoms with Gasteiger partial charge in [-0.1, -0.05) is 0 Å². The Morgan fingerprint density at radius 1 is 1.05 bits per heavy atom. The van der Waals surface area contributed by atoms with Gasteiger partial charge in [-0.3, -0.25) is 4.79 Å². The Kier molecular flexibility index (Phi) is 8.45. The summed E-state index contributed by atoms with van der Waals surface area (Å²) in [6.45, 7) is 15.3. The summed E-state index contributed by atoms with van der Waals surface area (Å²) in [6, 6.07) is 0. The average molecular weight is 316 g/mol. The van der Waals surface area contributed by atoms with E-state index in [0.717, 1.165) is 0 Å². The van der Waals surface area contributed by atoms with E-state index in [1.54, 1.807) is 11.8 Å². The number of hydrogen-bond acceptors (Lipinski definition) is 5. The van der Waals surface area contributed by atoms with Crippen LogP contribution < -0.4 is 5.32 Å². The summed E-state index contributed by atoms with van der Waals surface area (Å²) < 4.78 is 10.3. The van der Waals surface area contributed by atoms with Crippen LogP contribution in [0.3, 0.4) is 0 Å². The highest BCUT2D eigenvalue weighted by Gasteiger charge is 2.30. The van der Waals surface area contributed by atoms with E-state index in [9.17, 15) is 9.59 Å². The summed E-state index contributed by atoms with van der Waals surface area (Å²) in [7, 11) is 0. The highest BCUT2D eigenvalue weighted by atomic mass is 16.6. The van der Waals surface area contributed by atoms with Gasteiger partial charge < -0.3 is 19.7 Å². The minimum absolute atomic E-state index is 0.213. The molecule has 22 heavy (non-hydrogen) atoms. The number of hydrogen-bond donors (Lipinski definition) is 1. The SMILES string of the molecule is CCOC(=O)CCNCCN(C(=O)OC(C)(C)C)C(C)(C)C. The van der Waals surface area contributed by atoms with Crippen molar-refractivity contribution in [3.63, 3.8) is 0 Å². The second-order valence-electron chi connectivity index (χ2n) is 7.11. The summed E-state index contributed by atoms with van der Waals surface area (Å²) in [5.74, 6) is -0.213. The van der Waals surface area contributed by atoms with Gasteiger partial charge in [-0.25, -0.2) is 4.79 Å². The van der Waals surface area contributed by atoms with Gasteiger partial charge in [0.05, 0.1) is 13.0 Å². The molecule has 1 amide bonds. The first-order chi connectivity index (χ1) is 9.97. The molecule has 130 valence electrons. The molecule has 0 unspecified atom stereocenters. The Labute approximate surface area is 134 Å². The Morgan fingerprint density at radius 2 is 1.64 bits per heavy atom. The molecule has 0 atom stereocenters. The molecule has 0 fully saturated rings. The summed E-state index contributed by atoms with van der Waals surface area (Å²) in [4.78, 5) is 25.2. The number of rotatable bonds is 7. The average Bonchev–Trinajstić information content (AvgIpc) is 2.29. The Bertz CT molecular complexity index is 356. The Balaban J connectivity index is 4.29. The monoisotopic (exact) mass is 316 g/mol. The molecule has 0 aromatic heterocycles. The number of nitrogens with one attached hydrogen (secondary N) is 1. The lowest BCUT2D eigenvalue weighted by molar-refractivity contribution is -0.142. The minimum Gasteiger partial charge on any atom is -0.466 e. The van der Waals surface area contributed by atoms with Gasteiger partial charge >= 0.3 is 12.1 Å². The second kappa shape index (κ2) is 8.98. The van der Waals surface area contributed by atoms with E-state index in [1.165, 1.54) is 0 Å². The van der Waals surface area contributed by atoms with Crippen LogP contribution in [-0.2, 0) is 14.3 Å². The molecule has 0 bridgehead atoms. The molecule has 0 aromatic carbocycles. The molecule has 0 radical (unpaired) electrons. The number of nitrogens with zero attached hydrogens (tertiary/aromatic N) is 1. The molecule has 1 N–H and O–H groups in total. The third-order valence-corrected chi connectivity index (χ3v) is 2.75. The van der Waals surface area contributed by atoms with Gasteiger partial charge in [-0.15, -0.1) is 0 Å². The van der Waals surface area contributed by atoms with Gasteiger partial charge in [0.25, 0.3) is 0 Å². The van der Waals surface area contributed by atoms with Gasteiger partial charge in [-0.05, 0) is 48.5 Å². The standard InChI is InChI=1S/C16H32N2O4/c1-8-21-13(19)9-10-17-11-12-18(15(2,3)4)14(20)22-16(5,6)7/h17H,8-12H2,1-7H3. The van der Waals surface area contributed by atoms with Gasteiger partial charge in [0.2, 0.25) is 0 Å². The largest absolute Gasteiger partial charge is 0.466 e. The number of carbonyl (C=O) groups excluding carboxylic acids is 2. The van der Waals surface area contributed by atoms with Gasteiger partial charge in [0.15, 0.2) is 0 Å². The van der Waals surface area contributed by atoms with Crippen molar-refractivity contribution in [2.75, 3.05) is 26.2 Å². The highest BCUT2D eigenvalue weighted by Crippen LogP contribution is 2.17. The van der Waals surface area contributed by atoms with Crippen LogP contribution >= 0.6 is 0 Å². The molecule has 0 heterocycles. The number of ether oxygens (including phenoxy) is 2. The fraction of sp³-hybridized carbons (Fsp3) is 0.875. The summed E-state index contributed by atoms with van der Waals surface area (Å²) >= 11 is 0. The lowest BCUT2D eigenvalue weighted by Crippen LogP contribution is -2.50. The van der Waals surface area contributed by atoms with E-state index < -0.39 is 5.60 Å². The van der Waals surface area contributed by atoms with E-state index in [-0.39, 0.29) is 17.6 Å². The van der Waals surface area contributed by atoms with Crippen molar-refractivity contribution in [1.29, 1.82) is 0 Å². The third-order valence-electron chi connectivity index (χ3n) is 2.75. The molecule has 0 aliphatic rings. The van der Waals surface area contributed by atoms with Crippen molar-refractivity contribution < 1.29 is 19.1 Å². The minimum atomic E-state index is -0.516. The van der Waals surface area contributed by atoms with Crippen LogP contribution in [0.4, 0.5) is 4.79 Å². The smallest absolute Gasteiger partial charge is 0.410 e. The molecular formula is C16H32N2O4. The molecule has 0 saturated carbocycles. The molecule has 0 rings (SSSR count). The maximum Gasteiger partial charge on any atom is 0.410 e.